The van der Waals surface area contributed by atoms with Gasteiger partial charge in [0.05, 0.1) is 11.4 Å². The largest absolute Gasteiger partial charge is 0.481 e. The third kappa shape index (κ3) is 1.53. The Morgan fingerprint density at radius 2 is 2.11 bits per heavy atom. The standard InChI is InChI=1S/C14H13NO3/c1-15-12-5-3-2-4-8(12)6-10(13(15)16)9-7-11(9)14(17)18/h2-6,9,11H,7H2,1H3,(H,17,18). The number of aryl methyl sites for hydroxylation is 1. The van der Waals surface area contributed by atoms with Crippen LogP contribution in [-0.4, -0.2) is 15.6 Å². The number of hydrogen-bond donors (Lipinski definition) is 1. The number of carbonyl (C=O) groups is 1. The molecule has 1 N–H and O–H groups in total. The molecular formula is C14H13NO3. The number of aromatic nitrogens is 1. The number of para-hydroxylation sites is 1. The Labute approximate surface area is 103 Å². The maximum Gasteiger partial charge on any atom is 0.307 e. The van der Waals surface area contributed by atoms with Gasteiger partial charge in [0, 0.05) is 18.5 Å². The predicted octanol–water partition coefficient (Wildman–Crippen LogP) is 1.73. The molecule has 1 aliphatic carbocycles. The van der Waals surface area contributed by atoms with Gasteiger partial charge >= 0.3 is 5.97 Å². The Hall–Kier alpha value is -2.10. The molecule has 18 heavy (non-hydrogen) atoms. The van der Waals surface area contributed by atoms with Gasteiger partial charge in [-0.05, 0) is 23.9 Å². The van der Waals surface area contributed by atoms with Crippen LogP contribution in [-0.2, 0) is 11.8 Å². The minimum atomic E-state index is -0.810. The first kappa shape index (κ1) is 11.0. The van der Waals surface area contributed by atoms with E-state index in [0.29, 0.717) is 12.0 Å². The van der Waals surface area contributed by atoms with Crippen LogP contribution in [0.5, 0.6) is 0 Å². The lowest BCUT2D eigenvalue weighted by atomic mass is 10.1. The van der Waals surface area contributed by atoms with Crippen molar-refractivity contribution in [2.45, 2.75) is 12.3 Å². The molecule has 0 bridgehead atoms. The number of nitrogens with zero attached hydrogens (tertiary/aromatic N) is 1. The monoisotopic (exact) mass is 243 g/mol. The molecule has 1 aromatic carbocycles. The van der Waals surface area contributed by atoms with Crippen LogP contribution in [0.4, 0.5) is 0 Å². The number of aliphatic carboxylic acids is 1. The van der Waals surface area contributed by atoms with E-state index in [1.807, 2.05) is 30.3 Å². The third-order valence-electron chi connectivity index (χ3n) is 3.67. The van der Waals surface area contributed by atoms with Gasteiger partial charge < -0.3 is 9.67 Å². The summed E-state index contributed by atoms with van der Waals surface area (Å²) in [4.78, 5) is 23.1. The fourth-order valence-electron chi connectivity index (χ4n) is 2.52. The summed E-state index contributed by atoms with van der Waals surface area (Å²) in [6, 6.07) is 9.47. The van der Waals surface area contributed by atoms with Crippen LogP contribution in [0.3, 0.4) is 0 Å². The quantitative estimate of drug-likeness (QED) is 0.873. The van der Waals surface area contributed by atoms with Crippen molar-refractivity contribution in [1.29, 1.82) is 0 Å². The molecule has 1 aliphatic rings. The number of rotatable bonds is 2. The molecule has 0 aliphatic heterocycles. The Morgan fingerprint density at radius 3 is 2.78 bits per heavy atom. The van der Waals surface area contributed by atoms with E-state index in [-0.39, 0.29) is 17.4 Å². The molecule has 1 heterocycles. The average molecular weight is 243 g/mol. The van der Waals surface area contributed by atoms with Gasteiger partial charge in [-0.2, -0.15) is 0 Å². The minimum absolute atomic E-state index is 0.0811. The van der Waals surface area contributed by atoms with Crippen molar-refractivity contribution in [3.63, 3.8) is 0 Å². The molecule has 4 nitrogen and oxygen atoms in total. The Bertz CT molecular complexity index is 702. The van der Waals surface area contributed by atoms with Crippen molar-refractivity contribution in [3.05, 3.63) is 46.2 Å². The molecule has 1 saturated carbocycles. The van der Waals surface area contributed by atoms with Crippen LogP contribution in [0.15, 0.2) is 35.1 Å². The number of pyridine rings is 1. The maximum atomic E-state index is 12.2. The average Bonchev–Trinajstić information content (AvgIpc) is 3.14. The van der Waals surface area contributed by atoms with E-state index in [1.165, 1.54) is 0 Å². The number of hydrogen-bond acceptors (Lipinski definition) is 2. The number of carboxylic acid groups (broad SMARTS) is 1. The van der Waals surface area contributed by atoms with Crippen LogP contribution in [0.2, 0.25) is 0 Å². The van der Waals surface area contributed by atoms with Gasteiger partial charge in [0.15, 0.2) is 0 Å². The van der Waals surface area contributed by atoms with E-state index in [2.05, 4.69) is 0 Å². The van der Waals surface area contributed by atoms with Crippen LogP contribution in [0.25, 0.3) is 10.9 Å². The smallest absolute Gasteiger partial charge is 0.307 e. The van der Waals surface area contributed by atoms with Crippen LogP contribution < -0.4 is 5.56 Å². The molecule has 0 radical (unpaired) electrons. The summed E-state index contributed by atoms with van der Waals surface area (Å²) < 4.78 is 1.60. The predicted molar refractivity (Wildman–Crippen MR) is 67.7 cm³/mol. The van der Waals surface area contributed by atoms with Gasteiger partial charge in [-0.1, -0.05) is 18.2 Å². The van der Waals surface area contributed by atoms with Crippen molar-refractivity contribution in [3.8, 4) is 0 Å². The number of fused-ring (bicyclic) bond motifs is 1. The normalized spacial score (nSPS) is 22.1. The van der Waals surface area contributed by atoms with Crippen molar-refractivity contribution >= 4 is 16.9 Å². The van der Waals surface area contributed by atoms with Gasteiger partial charge in [0.2, 0.25) is 0 Å². The molecule has 0 saturated heterocycles. The fraction of sp³-hybridized carbons (Fsp3) is 0.286. The zero-order chi connectivity index (χ0) is 12.9. The molecular weight excluding hydrogens is 230 g/mol. The van der Waals surface area contributed by atoms with Gasteiger partial charge in [-0.3, -0.25) is 9.59 Å². The topological polar surface area (TPSA) is 59.3 Å². The molecule has 2 unspecified atom stereocenters. The van der Waals surface area contributed by atoms with Gasteiger partial charge in [-0.25, -0.2) is 0 Å². The van der Waals surface area contributed by atoms with E-state index in [1.54, 1.807) is 11.6 Å². The first-order valence-electron chi connectivity index (χ1n) is 5.91. The third-order valence-corrected chi connectivity index (χ3v) is 3.67. The van der Waals surface area contributed by atoms with Crippen molar-refractivity contribution in [1.82, 2.24) is 4.57 Å². The summed E-state index contributed by atoms with van der Waals surface area (Å²) in [6.07, 6.45) is 0.572. The second-order valence-corrected chi connectivity index (χ2v) is 4.81. The molecule has 1 fully saturated rings. The minimum Gasteiger partial charge on any atom is -0.481 e. The zero-order valence-electron chi connectivity index (χ0n) is 9.96. The van der Waals surface area contributed by atoms with E-state index >= 15 is 0 Å². The van der Waals surface area contributed by atoms with Crippen LogP contribution >= 0.6 is 0 Å². The van der Waals surface area contributed by atoms with E-state index in [4.69, 9.17) is 5.11 Å². The molecule has 4 heteroatoms. The second kappa shape index (κ2) is 3.70. The van der Waals surface area contributed by atoms with E-state index < -0.39 is 5.97 Å². The summed E-state index contributed by atoms with van der Waals surface area (Å²) in [5, 5.41) is 9.93. The van der Waals surface area contributed by atoms with Crippen molar-refractivity contribution < 1.29 is 9.90 Å². The second-order valence-electron chi connectivity index (χ2n) is 4.81. The Balaban J connectivity index is 2.17. The SMILES string of the molecule is Cn1c(=O)c(C2CC2C(=O)O)cc2ccccc21. The van der Waals surface area contributed by atoms with Crippen molar-refractivity contribution in [2.24, 2.45) is 13.0 Å². The first-order valence-corrected chi connectivity index (χ1v) is 5.91. The van der Waals surface area contributed by atoms with Gasteiger partial charge in [0.1, 0.15) is 0 Å². The summed E-state index contributed by atoms with van der Waals surface area (Å²) >= 11 is 0. The Morgan fingerprint density at radius 1 is 1.39 bits per heavy atom. The maximum absolute atomic E-state index is 12.2. The summed E-state index contributed by atoms with van der Waals surface area (Å²) in [5.74, 6) is -1.32. The van der Waals surface area contributed by atoms with Crippen LogP contribution in [0, 0.1) is 5.92 Å². The first-order chi connectivity index (χ1) is 8.59. The summed E-state index contributed by atoms with van der Waals surface area (Å²) in [7, 11) is 1.73. The highest BCUT2D eigenvalue weighted by Gasteiger charge is 2.45. The molecule has 0 spiro atoms. The van der Waals surface area contributed by atoms with Crippen LogP contribution in [0.1, 0.15) is 17.9 Å². The lowest BCUT2D eigenvalue weighted by Crippen LogP contribution is -2.21. The van der Waals surface area contributed by atoms with Gasteiger partial charge in [-0.15, -0.1) is 0 Å². The number of benzene rings is 1. The highest BCUT2D eigenvalue weighted by atomic mass is 16.4. The van der Waals surface area contributed by atoms with Crippen molar-refractivity contribution in [2.75, 3.05) is 0 Å². The lowest BCUT2D eigenvalue weighted by molar-refractivity contribution is -0.138. The summed E-state index contributed by atoms with van der Waals surface area (Å²) in [6.45, 7) is 0. The van der Waals surface area contributed by atoms with E-state index in [0.717, 1.165) is 10.9 Å². The molecule has 2 aromatic rings. The lowest BCUT2D eigenvalue weighted by Gasteiger charge is -2.07. The molecule has 0 amide bonds. The van der Waals surface area contributed by atoms with E-state index in [9.17, 15) is 9.59 Å². The highest BCUT2D eigenvalue weighted by molar-refractivity contribution is 5.81. The molecule has 3 rings (SSSR count). The highest BCUT2D eigenvalue weighted by Crippen LogP contribution is 2.46. The van der Waals surface area contributed by atoms with Gasteiger partial charge in [0.25, 0.3) is 5.56 Å². The number of carboxylic acids is 1. The Kier molecular flexibility index (Phi) is 2.26. The molecule has 1 aromatic heterocycles. The fourth-order valence-corrected chi connectivity index (χ4v) is 2.52. The molecule has 92 valence electrons. The zero-order valence-corrected chi connectivity index (χ0v) is 9.96. The molecule has 2 atom stereocenters. The summed E-state index contributed by atoms with van der Waals surface area (Å²) in [5.41, 5.74) is 1.42.